The van der Waals surface area contributed by atoms with Crippen molar-refractivity contribution < 1.29 is 46.7 Å². The van der Waals surface area contributed by atoms with E-state index in [4.69, 9.17) is 12.6 Å². The fourth-order valence-electron chi connectivity index (χ4n) is 0.341. The molecule has 1 aromatic heterocycles. The topological polar surface area (TPSA) is 52.3 Å². The van der Waals surface area contributed by atoms with Crippen LogP contribution in [0.1, 0.15) is 5.89 Å². The van der Waals surface area contributed by atoms with Crippen molar-refractivity contribution in [2.75, 3.05) is 7.11 Å². The number of carbonyl (C=O) groups excluding carboxylic acids is 1. The van der Waals surface area contributed by atoms with Gasteiger partial charge >= 0.3 is 0 Å². The van der Waals surface area contributed by atoms with E-state index in [1.165, 1.54) is 13.6 Å². The Morgan fingerprint density at radius 2 is 2.25 bits per heavy atom. The number of aryl methyl sites for hydroxylation is 1. The van der Waals surface area contributed by atoms with Crippen LogP contribution in [-0.2, 0) is 42.2 Å². The second-order valence-corrected chi connectivity index (χ2v) is 1.51. The van der Waals surface area contributed by atoms with Gasteiger partial charge in [0.2, 0.25) is 0 Å². The Morgan fingerprint density at radius 3 is 2.33 bits per heavy atom. The van der Waals surface area contributed by atoms with E-state index in [-0.39, 0.29) is 32.7 Å². The number of oxazole rings is 1. The van der Waals surface area contributed by atoms with Gasteiger partial charge in [0.1, 0.15) is 7.85 Å². The van der Waals surface area contributed by atoms with E-state index in [2.05, 4.69) is 20.4 Å². The number of hydrogen-bond acceptors (Lipinski definition) is 4. The molecule has 4 nitrogen and oxygen atoms in total. The summed E-state index contributed by atoms with van der Waals surface area (Å²) in [6, 6.07) is 0. The van der Waals surface area contributed by atoms with Crippen molar-refractivity contribution in [1.29, 1.82) is 0 Å². The van der Waals surface area contributed by atoms with E-state index in [1.54, 1.807) is 6.92 Å². The molecule has 0 fully saturated rings. The van der Waals surface area contributed by atoms with Crippen molar-refractivity contribution in [3.63, 3.8) is 0 Å². The summed E-state index contributed by atoms with van der Waals surface area (Å²) in [5.41, 5.74) is 0.317. The standard InChI is InChI=1S/C4H3BNO.C2H3O2.Y/c1-3-6-4(5)2-7-3;1-4-2-3;/h1H3;1H3;/q2*-1;. The molecule has 0 saturated heterocycles. The van der Waals surface area contributed by atoms with Gasteiger partial charge in [-0.3, -0.25) is 0 Å². The number of aromatic nitrogens is 1. The maximum Gasteiger partial charge on any atom is 0.114 e. The largest absolute Gasteiger partial charge is 0.655 e. The van der Waals surface area contributed by atoms with E-state index in [9.17, 15) is 0 Å². The van der Waals surface area contributed by atoms with Crippen LogP contribution in [0.15, 0.2) is 4.42 Å². The van der Waals surface area contributed by atoms with Gasteiger partial charge in [-0.1, -0.05) is 25.3 Å². The summed E-state index contributed by atoms with van der Waals surface area (Å²) in [7, 11) is 6.38. The van der Waals surface area contributed by atoms with Gasteiger partial charge in [-0.05, 0) is 0 Å². The summed E-state index contributed by atoms with van der Waals surface area (Å²) in [4.78, 5) is 12.5. The molecule has 0 amide bonds. The summed E-state index contributed by atoms with van der Waals surface area (Å²) in [5.74, 6) is 0.553. The van der Waals surface area contributed by atoms with Crippen molar-refractivity contribution in [2.24, 2.45) is 0 Å². The van der Waals surface area contributed by atoms with Crippen LogP contribution in [0.5, 0.6) is 0 Å². The molecule has 0 bridgehead atoms. The molecule has 0 atom stereocenters. The fraction of sp³-hybridized carbons (Fsp3) is 0.333. The van der Waals surface area contributed by atoms with E-state index >= 15 is 0 Å². The molecule has 3 radical (unpaired) electrons. The third kappa shape index (κ3) is 7.95. The van der Waals surface area contributed by atoms with Gasteiger partial charge in [0.25, 0.3) is 0 Å². The number of hydrogen-bond donors (Lipinski definition) is 0. The van der Waals surface area contributed by atoms with Gasteiger partial charge in [0, 0.05) is 45.7 Å². The predicted octanol–water partition coefficient (Wildman–Crippen LogP) is -0.725. The van der Waals surface area contributed by atoms with Crippen molar-refractivity contribution in [3.8, 4) is 0 Å². The molecule has 0 unspecified atom stereocenters. The van der Waals surface area contributed by atoms with E-state index < -0.39 is 0 Å². The second-order valence-electron chi connectivity index (χ2n) is 1.51. The first-order valence-electron chi connectivity index (χ1n) is 2.71. The molecule has 1 heterocycles. The minimum atomic E-state index is 0. The molecule has 1 aromatic rings. The molecule has 0 N–H and O–H groups in total. The zero-order valence-corrected chi connectivity index (χ0v) is 9.66. The predicted molar refractivity (Wildman–Crippen MR) is 38.2 cm³/mol. The number of ether oxygens (including phenoxy) is 1. The van der Waals surface area contributed by atoms with Crippen molar-refractivity contribution in [2.45, 2.75) is 6.92 Å². The number of methoxy groups -OCH3 is 1. The first kappa shape index (κ1) is 14.4. The van der Waals surface area contributed by atoms with Gasteiger partial charge in [-0.2, -0.15) is 0 Å². The molecule has 0 aliphatic carbocycles. The minimum Gasteiger partial charge on any atom is -0.655 e. The molecule has 1 rings (SSSR count). The van der Waals surface area contributed by atoms with E-state index in [1.807, 2.05) is 0 Å². The van der Waals surface area contributed by atoms with Crippen LogP contribution in [0, 0.1) is 13.2 Å². The third-order valence-corrected chi connectivity index (χ3v) is 0.665. The van der Waals surface area contributed by atoms with Crippen LogP contribution < -0.4 is 5.59 Å². The monoisotopic (exact) mass is 240 g/mol. The van der Waals surface area contributed by atoms with Crippen LogP contribution in [0.4, 0.5) is 0 Å². The van der Waals surface area contributed by atoms with E-state index in [0.717, 1.165) is 0 Å². The van der Waals surface area contributed by atoms with Crippen LogP contribution in [-0.4, -0.2) is 26.4 Å². The summed E-state index contributed by atoms with van der Waals surface area (Å²) in [5, 5.41) is 0. The summed E-state index contributed by atoms with van der Waals surface area (Å²) in [6.45, 7) is 2.90. The minimum absolute atomic E-state index is 0. The molecule has 6 heteroatoms. The average molecular weight is 240 g/mol. The Labute approximate surface area is 97.4 Å². The maximum absolute atomic E-state index is 8.83. The van der Waals surface area contributed by atoms with Gasteiger partial charge in [0.05, 0.1) is 0 Å². The van der Waals surface area contributed by atoms with Crippen LogP contribution in [0.2, 0.25) is 0 Å². The first-order valence-corrected chi connectivity index (χ1v) is 2.71. The second kappa shape index (κ2) is 8.94. The van der Waals surface area contributed by atoms with Crippen LogP contribution in [0.25, 0.3) is 0 Å². The molecule has 0 aromatic carbocycles. The fourth-order valence-corrected chi connectivity index (χ4v) is 0.341. The summed E-state index contributed by atoms with van der Waals surface area (Å²) in [6.07, 6.45) is 2.36. The Morgan fingerprint density at radius 1 is 1.75 bits per heavy atom. The SMILES string of the molecule is CO[C-]=O.[B]c1[c-]oc(C)n1.[Y]. The van der Waals surface area contributed by atoms with Crippen molar-refractivity contribution in [1.82, 2.24) is 4.98 Å². The molecular weight excluding hydrogens is 234 g/mol. The van der Waals surface area contributed by atoms with Crippen LogP contribution >= 0.6 is 0 Å². The number of rotatable bonds is 1. The molecule has 61 valence electrons. The summed E-state index contributed by atoms with van der Waals surface area (Å²) < 4.78 is 8.34. The Hall–Kier alpha value is -0.151. The molecule has 12 heavy (non-hydrogen) atoms. The van der Waals surface area contributed by atoms with Gasteiger partial charge in [-0.25, -0.2) is 0 Å². The molecule has 0 spiro atoms. The van der Waals surface area contributed by atoms with Gasteiger partial charge in [-0.15, -0.1) is 0 Å². The maximum atomic E-state index is 8.83. The normalized spacial score (nSPS) is 7.17. The van der Waals surface area contributed by atoms with Crippen LogP contribution in [0.3, 0.4) is 0 Å². The Balaban J connectivity index is 0. The number of nitrogens with zero attached hydrogens (tertiary/aromatic N) is 1. The smallest absolute Gasteiger partial charge is 0.114 e. The zero-order chi connectivity index (χ0) is 8.69. The van der Waals surface area contributed by atoms with E-state index in [0.29, 0.717) is 11.5 Å². The molecule has 0 aliphatic rings. The van der Waals surface area contributed by atoms with Gasteiger partial charge < -0.3 is 18.9 Å². The zero-order valence-electron chi connectivity index (χ0n) is 6.83. The van der Waals surface area contributed by atoms with Gasteiger partial charge in [0.15, 0.2) is 0 Å². The molecular formula is C6H6BNO3Y-2. The first-order chi connectivity index (χ1) is 5.20. The van der Waals surface area contributed by atoms with Crippen molar-refractivity contribution in [3.05, 3.63) is 12.2 Å². The quantitative estimate of drug-likeness (QED) is 0.479. The molecule has 0 saturated carbocycles. The molecule has 0 aliphatic heterocycles. The van der Waals surface area contributed by atoms with Crippen molar-refractivity contribution >= 4 is 19.9 Å². The third-order valence-electron chi connectivity index (χ3n) is 0.665. The summed E-state index contributed by atoms with van der Waals surface area (Å²) >= 11 is 0. The Kier molecular flexibility index (Phi) is 10.7. The Bertz CT molecular complexity index is 200. The average Bonchev–Trinajstić information content (AvgIpc) is 2.35.